The van der Waals surface area contributed by atoms with Gasteiger partial charge in [-0.2, -0.15) is 5.26 Å². The molecular formula is C15H11ClN2O3. The van der Waals surface area contributed by atoms with E-state index < -0.39 is 4.92 Å². The highest BCUT2D eigenvalue weighted by molar-refractivity contribution is 6.17. The summed E-state index contributed by atoms with van der Waals surface area (Å²) < 4.78 is 5.63. The van der Waals surface area contributed by atoms with Gasteiger partial charge in [0.2, 0.25) is 0 Å². The third-order valence-electron chi connectivity index (χ3n) is 2.91. The highest BCUT2D eigenvalue weighted by Crippen LogP contribution is 2.29. The van der Waals surface area contributed by atoms with Crippen molar-refractivity contribution in [2.45, 2.75) is 12.8 Å². The van der Waals surface area contributed by atoms with E-state index in [1.807, 2.05) is 6.07 Å². The molecule has 0 saturated heterocycles. The molecule has 6 heteroatoms. The van der Waals surface area contributed by atoms with Gasteiger partial charge in [-0.3, -0.25) is 10.1 Å². The summed E-state index contributed by atoms with van der Waals surface area (Å²) in [5, 5.41) is 19.9. The van der Waals surface area contributed by atoms with Crippen molar-refractivity contribution < 1.29 is 9.66 Å². The lowest BCUT2D eigenvalue weighted by Gasteiger charge is -2.09. The van der Waals surface area contributed by atoms with Gasteiger partial charge in [0.05, 0.1) is 10.5 Å². The summed E-state index contributed by atoms with van der Waals surface area (Å²) in [6, 6.07) is 11.6. The lowest BCUT2D eigenvalue weighted by Crippen LogP contribution is -1.94. The van der Waals surface area contributed by atoms with Crippen molar-refractivity contribution >= 4 is 17.3 Å². The Hall–Kier alpha value is -2.58. The van der Waals surface area contributed by atoms with Crippen LogP contribution in [0.4, 0.5) is 5.69 Å². The van der Waals surface area contributed by atoms with Gasteiger partial charge in [0.25, 0.3) is 5.69 Å². The molecule has 0 aliphatic rings. The molecule has 0 spiro atoms. The molecule has 5 nitrogen and oxygen atoms in total. The topological polar surface area (TPSA) is 76.2 Å². The number of aryl methyl sites for hydroxylation is 1. The Balaban J connectivity index is 2.32. The van der Waals surface area contributed by atoms with Crippen LogP contribution in [0.5, 0.6) is 11.5 Å². The van der Waals surface area contributed by atoms with Crippen molar-refractivity contribution in [2.75, 3.05) is 0 Å². The fourth-order valence-corrected chi connectivity index (χ4v) is 2.03. The fourth-order valence-electron chi connectivity index (χ4n) is 1.86. The third-order valence-corrected chi connectivity index (χ3v) is 3.22. The van der Waals surface area contributed by atoms with Crippen LogP contribution in [0.3, 0.4) is 0 Å². The molecule has 2 aromatic carbocycles. The molecule has 0 unspecified atom stereocenters. The number of hydrogen-bond donors (Lipinski definition) is 0. The Morgan fingerprint density at radius 2 is 2.10 bits per heavy atom. The van der Waals surface area contributed by atoms with Gasteiger partial charge in [-0.05, 0) is 36.8 Å². The van der Waals surface area contributed by atoms with E-state index in [-0.39, 0.29) is 5.69 Å². The van der Waals surface area contributed by atoms with E-state index in [4.69, 9.17) is 21.6 Å². The number of alkyl halides is 1. The Morgan fingerprint density at radius 3 is 2.67 bits per heavy atom. The number of nitro groups is 1. The first-order valence-corrected chi connectivity index (χ1v) is 6.60. The number of hydrogen-bond acceptors (Lipinski definition) is 4. The summed E-state index contributed by atoms with van der Waals surface area (Å²) in [4.78, 5) is 10.3. The molecule has 0 radical (unpaired) electrons. The van der Waals surface area contributed by atoms with Crippen molar-refractivity contribution in [2.24, 2.45) is 0 Å². The molecule has 2 rings (SSSR count). The summed E-state index contributed by atoms with van der Waals surface area (Å²) in [6.07, 6.45) is 0. The Bertz CT molecular complexity index is 738. The Kier molecular flexibility index (Phi) is 4.41. The predicted octanol–water partition coefficient (Wildman–Crippen LogP) is 4.31. The molecule has 21 heavy (non-hydrogen) atoms. The van der Waals surface area contributed by atoms with Crippen molar-refractivity contribution in [1.82, 2.24) is 0 Å². The fraction of sp³-hybridized carbons (Fsp3) is 0.133. The SMILES string of the molecule is Cc1cc(Oc2ccc(CCl)cc2C#N)ccc1[N+](=O)[O-]. The smallest absolute Gasteiger partial charge is 0.272 e. The first-order valence-electron chi connectivity index (χ1n) is 6.07. The zero-order valence-electron chi connectivity index (χ0n) is 11.2. The lowest BCUT2D eigenvalue weighted by molar-refractivity contribution is -0.385. The molecule has 0 heterocycles. The van der Waals surface area contributed by atoms with Crippen LogP contribution in [0.15, 0.2) is 36.4 Å². The van der Waals surface area contributed by atoms with Crippen LogP contribution >= 0.6 is 11.6 Å². The van der Waals surface area contributed by atoms with Crippen molar-refractivity contribution in [3.8, 4) is 17.6 Å². The van der Waals surface area contributed by atoms with Gasteiger partial charge in [-0.1, -0.05) is 6.07 Å². The minimum Gasteiger partial charge on any atom is -0.456 e. The van der Waals surface area contributed by atoms with Crippen LogP contribution in [0.2, 0.25) is 0 Å². The van der Waals surface area contributed by atoms with E-state index in [2.05, 4.69) is 0 Å². The van der Waals surface area contributed by atoms with Gasteiger partial charge in [-0.15, -0.1) is 11.6 Å². The van der Waals surface area contributed by atoms with E-state index in [9.17, 15) is 10.1 Å². The van der Waals surface area contributed by atoms with E-state index in [0.717, 1.165) is 5.56 Å². The Morgan fingerprint density at radius 1 is 1.33 bits per heavy atom. The number of ether oxygens (including phenoxy) is 1. The molecule has 0 amide bonds. The lowest BCUT2D eigenvalue weighted by atomic mass is 10.1. The minimum atomic E-state index is -0.449. The molecule has 106 valence electrons. The second kappa shape index (κ2) is 6.25. The summed E-state index contributed by atoms with van der Waals surface area (Å²) >= 11 is 5.72. The van der Waals surface area contributed by atoms with Crippen molar-refractivity contribution in [3.63, 3.8) is 0 Å². The molecule has 0 aromatic heterocycles. The van der Waals surface area contributed by atoms with Crippen molar-refractivity contribution in [3.05, 3.63) is 63.2 Å². The molecule has 2 aromatic rings. The number of rotatable bonds is 4. The maximum Gasteiger partial charge on any atom is 0.272 e. The molecule has 0 N–H and O–H groups in total. The van der Waals surface area contributed by atoms with Crippen LogP contribution in [-0.4, -0.2) is 4.92 Å². The van der Waals surface area contributed by atoms with Gasteiger partial charge < -0.3 is 4.74 Å². The van der Waals surface area contributed by atoms with Crippen LogP contribution < -0.4 is 4.74 Å². The average molecular weight is 303 g/mol. The zero-order chi connectivity index (χ0) is 15.4. The Labute approximate surface area is 126 Å². The quantitative estimate of drug-likeness (QED) is 0.479. The molecular weight excluding hydrogens is 292 g/mol. The summed E-state index contributed by atoms with van der Waals surface area (Å²) in [5.41, 5.74) is 1.71. The first-order chi connectivity index (χ1) is 10.0. The van der Waals surface area contributed by atoms with Crippen molar-refractivity contribution in [1.29, 1.82) is 5.26 Å². The van der Waals surface area contributed by atoms with Gasteiger partial charge in [0.15, 0.2) is 0 Å². The summed E-state index contributed by atoms with van der Waals surface area (Å²) in [5.74, 6) is 1.14. The van der Waals surface area contributed by atoms with Gasteiger partial charge in [0.1, 0.15) is 17.6 Å². The van der Waals surface area contributed by atoms with E-state index in [1.54, 1.807) is 31.2 Å². The molecule has 0 bridgehead atoms. The number of nitriles is 1. The minimum absolute atomic E-state index is 0.0281. The maximum absolute atomic E-state index is 10.8. The highest BCUT2D eigenvalue weighted by Gasteiger charge is 2.12. The first kappa shape index (κ1) is 14.8. The third kappa shape index (κ3) is 3.30. The summed E-state index contributed by atoms with van der Waals surface area (Å²) in [7, 11) is 0. The van der Waals surface area contributed by atoms with Crippen LogP contribution in [-0.2, 0) is 5.88 Å². The summed E-state index contributed by atoms with van der Waals surface area (Å²) in [6.45, 7) is 1.63. The molecule has 0 atom stereocenters. The predicted molar refractivity (Wildman–Crippen MR) is 78.6 cm³/mol. The van der Waals surface area contributed by atoms with E-state index in [0.29, 0.717) is 28.5 Å². The number of nitro benzene ring substituents is 1. The van der Waals surface area contributed by atoms with Gasteiger partial charge in [-0.25, -0.2) is 0 Å². The number of benzene rings is 2. The second-order valence-electron chi connectivity index (χ2n) is 4.38. The standard InChI is InChI=1S/C15H11ClN2O3/c1-10-6-13(3-4-14(10)18(19)20)21-15-5-2-11(8-16)7-12(15)9-17/h2-7H,8H2,1H3. The molecule has 0 aliphatic carbocycles. The zero-order valence-corrected chi connectivity index (χ0v) is 11.9. The number of nitrogens with zero attached hydrogens (tertiary/aromatic N) is 2. The molecule has 0 aliphatic heterocycles. The highest BCUT2D eigenvalue weighted by atomic mass is 35.5. The second-order valence-corrected chi connectivity index (χ2v) is 4.65. The molecule has 0 fully saturated rings. The monoisotopic (exact) mass is 302 g/mol. The van der Waals surface area contributed by atoms with Crippen LogP contribution in [0.25, 0.3) is 0 Å². The number of halogens is 1. The van der Waals surface area contributed by atoms with Gasteiger partial charge >= 0.3 is 0 Å². The largest absolute Gasteiger partial charge is 0.456 e. The normalized spacial score (nSPS) is 9.95. The van der Waals surface area contributed by atoms with Gasteiger partial charge in [0, 0.05) is 17.5 Å². The van der Waals surface area contributed by atoms with E-state index in [1.165, 1.54) is 12.1 Å². The molecule has 0 saturated carbocycles. The maximum atomic E-state index is 10.8. The van der Waals surface area contributed by atoms with E-state index >= 15 is 0 Å². The van der Waals surface area contributed by atoms with Crippen LogP contribution in [0.1, 0.15) is 16.7 Å². The van der Waals surface area contributed by atoms with Crippen LogP contribution in [0, 0.1) is 28.4 Å². The average Bonchev–Trinajstić information content (AvgIpc) is 2.47.